The highest BCUT2D eigenvalue weighted by molar-refractivity contribution is 7.12. The number of carbonyl (C=O) groups is 1. The summed E-state index contributed by atoms with van der Waals surface area (Å²) in [7, 11) is 0. The first-order valence-electron chi connectivity index (χ1n) is 5.92. The largest absolute Gasteiger partial charge is 0.477 e. The molecule has 0 spiro atoms. The Morgan fingerprint density at radius 2 is 2.05 bits per heavy atom. The van der Waals surface area contributed by atoms with Gasteiger partial charge in [-0.25, -0.2) is 9.18 Å². The van der Waals surface area contributed by atoms with Crippen LogP contribution in [0.1, 0.15) is 20.8 Å². The monoisotopic (exact) mass is 279 g/mol. The highest BCUT2D eigenvalue weighted by Crippen LogP contribution is 2.16. The van der Waals surface area contributed by atoms with E-state index in [0.717, 1.165) is 5.56 Å². The molecule has 3 nitrogen and oxygen atoms in total. The molecule has 0 amide bonds. The zero-order chi connectivity index (χ0) is 13.7. The molecule has 2 rings (SSSR count). The third-order valence-electron chi connectivity index (χ3n) is 2.79. The summed E-state index contributed by atoms with van der Waals surface area (Å²) in [5, 5.41) is 13.9. The summed E-state index contributed by atoms with van der Waals surface area (Å²) in [4.78, 5) is 11.3. The average molecular weight is 279 g/mol. The molecule has 0 saturated heterocycles. The predicted octanol–water partition coefficient (Wildman–Crippen LogP) is 2.92. The Bertz CT molecular complexity index is 568. The Morgan fingerprint density at radius 1 is 1.26 bits per heavy atom. The van der Waals surface area contributed by atoms with E-state index in [1.54, 1.807) is 29.6 Å². The van der Waals surface area contributed by atoms with E-state index < -0.39 is 5.97 Å². The third kappa shape index (κ3) is 3.62. The summed E-state index contributed by atoms with van der Waals surface area (Å²) in [6.45, 7) is 1.09. The minimum atomic E-state index is -0.902. The Kier molecular flexibility index (Phi) is 4.65. The summed E-state index contributed by atoms with van der Waals surface area (Å²) in [5.74, 6) is -1.10. The van der Waals surface area contributed by atoms with Gasteiger partial charge in [-0.3, -0.25) is 0 Å². The minimum absolute atomic E-state index is 0.203. The van der Waals surface area contributed by atoms with Gasteiger partial charge in [0.05, 0.1) is 0 Å². The molecule has 0 atom stereocenters. The lowest BCUT2D eigenvalue weighted by Gasteiger charge is -2.05. The normalized spacial score (nSPS) is 10.6. The average Bonchev–Trinajstić information content (AvgIpc) is 2.85. The molecule has 0 radical (unpaired) electrons. The first kappa shape index (κ1) is 13.7. The quantitative estimate of drug-likeness (QED) is 0.799. The van der Waals surface area contributed by atoms with Crippen molar-refractivity contribution >= 4 is 17.3 Å². The standard InChI is InChI=1S/C14H14FNO2S/c15-12-4-2-1-3-10(12)5-7-16-9-11-6-8-19-13(11)14(17)18/h1-4,6,8,16H,5,7,9H2,(H,17,18). The van der Waals surface area contributed by atoms with E-state index in [4.69, 9.17) is 5.11 Å². The molecular weight excluding hydrogens is 265 g/mol. The molecule has 0 saturated carbocycles. The maximum atomic E-state index is 13.4. The van der Waals surface area contributed by atoms with Gasteiger partial charge in [-0.15, -0.1) is 11.3 Å². The van der Waals surface area contributed by atoms with Gasteiger partial charge < -0.3 is 10.4 Å². The van der Waals surface area contributed by atoms with Crippen LogP contribution in [0.15, 0.2) is 35.7 Å². The molecule has 1 aromatic heterocycles. The number of halogens is 1. The molecular formula is C14H14FNO2S. The predicted molar refractivity (Wildman–Crippen MR) is 73.1 cm³/mol. The van der Waals surface area contributed by atoms with Crippen molar-refractivity contribution in [3.05, 3.63) is 57.5 Å². The van der Waals surface area contributed by atoms with E-state index in [-0.39, 0.29) is 5.82 Å². The van der Waals surface area contributed by atoms with Crippen LogP contribution >= 0.6 is 11.3 Å². The van der Waals surface area contributed by atoms with Crippen LogP contribution in [-0.4, -0.2) is 17.6 Å². The smallest absolute Gasteiger partial charge is 0.346 e. The molecule has 0 aliphatic heterocycles. The molecule has 0 fully saturated rings. The summed E-state index contributed by atoms with van der Waals surface area (Å²) < 4.78 is 13.4. The van der Waals surface area contributed by atoms with Crippen molar-refractivity contribution in [1.82, 2.24) is 5.32 Å². The topological polar surface area (TPSA) is 49.3 Å². The first-order valence-corrected chi connectivity index (χ1v) is 6.80. The van der Waals surface area contributed by atoms with E-state index in [9.17, 15) is 9.18 Å². The van der Waals surface area contributed by atoms with Gasteiger partial charge in [0.15, 0.2) is 0 Å². The lowest BCUT2D eigenvalue weighted by Crippen LogP contribution is -2.18. The van der Waals surface area contributed by atoms with Crippen LogP contribution in [0.3, 0.4) is 0 Å². The van der Waals surface area contributed by atoms with Crippen LogP contribution in [0, 0.1) is 5.82 Å². The van der Waals surface area contributed by atoms with Gasteiger partial charge in [0.25, 0.3) is 0 Å². The van der Waals surface area contributed by atoms with E-state index in [0.29, 0.717) is 30.0 Å². The molecule has 1 aromatic carbocycles. The Morgan fingerprint density at radius 3 is 2.79 bits per heavy atom. The van der Waals surface area contributed by atoms with Gasteiger partial charge in [-0.2, -0.15) is 0 Å². The first-order chi connectivity index (χ1) is 9.18. The summed E-state index contributed by atoms with van der Waals surface area (Å²) >= 11 is 1.21. The van der Waals surface area contributed by atoms with Crippen LogP contribution in [0.25, 0.3) is 0 Å². The number of carboxylic acids is 1. The van der Waals surface area contributed by atoms with Gasteiger partial charge in [0.1, 0.15) is 10.7 Å². The van der Waals surface area contributed by atoms with Crippen LogP contribution in [-0.2, 0) is 13.0 Å². The second-order valence-corrected chi connectivity index (χ2v) is 5.01. The van der Waals surface area contributed by atoms with Gasteiger partial charge in [0, 0.05) is 6.54 Å². The van der Waals surface area contributed by atoms with Crippen molar-refractivity contribution in [1.29, 1.82) is 0 Å². The van der Waals surface area contributed by atoms with Crippen LogP contribution < -0.4 is 5.32 Å². The van der Waals surface area contributed by atoms with Gasteiger partial charge in [-0.05, 0) is 41.6 Å². The van der Waals surface area contributed by atoms with Gasteiger partial charge >= 0.3 is 5.97 Å². The van der Waals surface area contributed by atoms with E-state index in [1.165, 1.54) is 17.4 Å². The molecule has 0 aliphatic carbocycles. The number of hydrogen-bond acceptors (Lipinski definition) is 3. The number of hydrogen-bond donors (Lipinski definition) is 2. The van der Waals surface area contributed by atoms with Gasteiger partial charge in [0.2, 0.25) is 0 Å². The Balaban J connectivity index is 1.83. The van der Waals surface area contributed by atoms with Crippen molar-refractivity contribution in [3.8, 4) is 0 Å². The molecule has 0 unspecified atom stereocenters. The number of rotatable bonds is 6. The maximum Gasteiger partial charge on any atom is 0.346 e. The highest BCUT2D eigenvalue weighted by Gasteiger charge is 2.10. The number of carboxylic acid groups (broad SMARTS) is 1. The molecule has 2 aromatic rings. The molecule has 0 bridgehead atoms. The minimum Gasteiger partial charge on any atom is -0.477 e. The SMILES string of the molecule is O=C(O)c1sccc1CNCCc1ccccc1F. The summed E-state index contributed by atoms with van der Waals surface area (Å²) in [6, 6.07) is 8.46. The number of aromatic carboxylic acids is 1. The fourth-order valence-electron chi connectivity index (χ4n) is 1.81. The maximum absolute atomic E-state index is 13.4. The van der Waals surface area contributed by atoms with Crippen molar-refractivity contribution in [2.24, 2.45) is 0 Å². The van der Waals surface area contributed by atoms with Crippen molar-refractivity contribution < 1.29 is 14.3 Å². The van der Waals surface area contributed by atoms with E-state index in [2.05, 4.69) is 5.32 Å². The summed E-state index contributed by atoms with van der Waals surface area (Å²) in [5.41, 5.74) is 1.44. The lowest BCUT2D eigenvalue weighted by atomic mass is 10.1. The van der Waals surface area contributed by atoms with Crippen LogP contribution in [0.5, 0.6) is 0 Å². The zero-order valence-corrected chi connectivity index (χ0v) is 11.0. The number of nitrogens with one attached hydrogen (secondary N) is 1. The second-order valence-electron chi connectivity index (χ2n) is 4.10. The molecule has 2 N–H and O–H groups in total. The Hall–Kier alpha value is -1.72. The fraction of sp³-hybridized carbons (Fsp3) is 0.214. The van der Waals surface area contributed by atoms with Crippen molar-refractivity contribution in [3.63, 3.8) is 0 Å². The van der Waals surface area contributed by atoms with Crippen LogP contribution in [0.2, 0.25) is 0 Å². The lowest BCUT2D eigenvalue weighted by molar-refractivity contribution is 0.0701. The van der Waals surface area contributed by atoms with E-state index in [1.807, 2.05) is 0 Å². The fourth-order valence-corrected chi connectivity index (χ4v) is 2.57. The van der Waals surface area contributed by atoms with Crippen molar-refractivity contribution in [2.75, 3.05) is 6.54 Å². The third-order valence-corrected chi connectivity index (χ3v) is 3.73. The number of thiophene rings is 1. The zero-order valence-electron chi connectivity index (χ0n) is 10.2. The highest BCUT2D eigenvalue weighted by atomic mass is 32.1. The Labute approximate surface area is 114 Å². The second kappa shape index (κ2) is 6.45. The van der Waals surface area contributed by atoms with Crippen LogP contribution in [0.4, 0.5) is 4.39 Å². The number of benzene rings is 1. The summed E-state index contributed by atoms with van der Waals surface area (Å²) in [6.07, 6.45) is 0.583. The molecule has 0 aliphatic rings. The van der Waals surface area contributed by atoms with E-state index >= 15 is 0 Å². The molecule has 1 heterocycles. The molecule has 5 heteroatoms. The molecule has 19 heavy (non-hydrogen) atoms. The van der Waals surface area contributed by atoms with Gasteiger partial charge in [-0.1, -0.05) is 18.2 Å². The van der Waals surface area contributed by atoms with Crippen molar-refractivity contribution in [2.45, 2.75) is 13.0 Å². The molecule has 100 valence electrons.